The molecule has 0 aromatic heterocycles. The number of hydrogen-bond acceptors (Lipinski definition) is 2. The second-order valence-corrected chi connectivity index (χ2v) is 7.12. The van der Waals surface area contributed by atoms with Crippen molar-refractivity contribution in [2.75, 3.05) is 0 Å². The van der Waals surface area contributed by atoms with Gasteiger partial charge in [0, 0.05) is 6.42 Å². The van der Waals surface area contributed by atoms with Crippen molar-refractivity contribution in [3.05, 3.63) is 35.4 Å². The molecule has 2 saturated heterocycles. The molecule has 2 fully saturated rings. The zero-order valence-corrected chi connectivity index (χ0v) is 13.1. The van der Waals surface area contributed by atoms with E-state index in [2.05, 4.69) is 52.0 Å². The maximum atomic E-state index is 6.40. The van der Waals surface area contributed by atoms with Gasteiger partial charge in [-0.3, -0.25) is 0 Å². The fraction of sp³-hybridized carbons (Fsp3) is 0.667. The van der Waals surface area contributed by atoms with Crippen LogP contribution in [0.3, 0.4) is 0 Å². The Morgan fingerprint density at radius 1 is 1.25 bits per heavy atom. The lowest BCUT2D eigenvalue weighted by Gasteiger charge is -2.31. The van der Waals surface area contributed by atoms with Crippen molar-refractivity contribution in [2.24, 2.45) is 5.92 Å². The Morgan fingerprint density at radius 2 is 1.95 bits per heavy atom. The number of benzene rings is 1. The van der Waals surface area contributed by atoms with Gasteiger partial charge in [0.15, 0.2) is 0 Å². The molecule has 1 aromatic carbocycles. The lowest BCUT2D eigenvalue weighted by Crippen LogP contribution is -2.38. The SMILES string of the molecule is Cc1ccc(CO[C@H]2C[C@]3(C(C)C)CC[C@@]2(C)O3)cc1. The smallest absolute Gasteiger partial charge is 0.0924 e. The van der Waals surface area contributed by atoms with Crippen LogP contribution in [0.4, 0.5) is 0 Å². The van der Waals surface area contributed by atoms with Crippen LogP contribution in [-0.2, 0) is 16.1 Å². The maximum absolute atomic E-state index is 6.40. The van der Waals surface area contributed by atoms with Crippen LogP contribution in [0.2, 0.25) is 0 Å². The predicted molar refractivity (Wildman–Crippen MR) is 80.7 cm³/mol. The fourth-order valence-corrected chi connectivity index (χ4v) is 3.68. The van der Waals surface area contributed by atoms with Crippen molar-refractivity contribution in [3.63, 3.8) is 0 Å². The van der Waals surface area contributed by atoms with Gasteiger partial charge in [0.05, 0.1) is 23.9 Å². The first kappa shape index (κ1) is 14.1. The minimum Gasteiger partial charge on any atom is -0.370 e. The fourth-order valence-electron chi connectivity index (χ4n) is 3.68. The van der Waals surface area contributed by atoms with Gasteiger partial charge in [-0.2, -0.15) is 0 Å². The first-order chi connectivity index (χ1) is 9.43. The molecule has 2 heterocycles. The highest BCUT2D eigenvalue weighted by Gasteiger charge is 2.60. The Bertz CT molecular complexity index is 479. The van der Waals surface area contributed by atoms with Gasteiger partial charge in [0.2, 0.25) is 0 Å². The normalized spacial score (nSPS) is 36.0. The Labute approximate surface area is 122 Å². The summed E-state index contributed by atoms with van der Waals surface area (Å²) in [5, 5.41) is 0. The standard InChI is InChI=1S/C18H26O2/c1-13(2)18-10-9-17(4,20-18)16(11-18)19-12-15-7-5-14(3)6-8-15/h5-8,13,16H,9-12H2,1-4H3/t16-,17+,18-/m0/s1. The topological polar surface area (TPSA) is 18.5 Å². The van der Waals surface area contributed by atoms with Gasteiger partial charge in [-0.1, -0.05) is 43.7 Å². The Balaban J connectivity index is 1.66. The van der Waals surface area contributed by atoms with Gasteiger partial charge < -0.3 is 9.47 Å². The number of fused-ring (bicyclic) bond motifs is 2. The van der Waals surface area contributed by atoms with Crippen LogP contribution in [0.5, 0.6) is 0 Å². The molecule has 0 N–H and O–H groups in total. The Hall–Kier alpha value is -0.860. The van der Waals surface area contributed by atoms with E-state index in [1.165, 1.54) is 17.5 Å². The summed E-state index contributed by atoms with van der Waals surface area (Å²) < 4.78 is 12.6. The molecular formula is C18H26O2. The van der Waals surface area contributed by atoms with Crippen molar-refractivity contribution < 1.29 is 9.47 Å². The van der Waals surface area contributed by atoms with Gasteiger partial charge in [0.25, 0.3) is 0 Å². The van der Waals surface area contributed by atoms with E-state index in [1.54, 1.807) is 0 Å². The number of hydrogen-bond donors (Lipinski definition) is 0. The van der Waals surface area contributed by atoms with E-state index < -0.39 is 0 Å². The molecule has 0 spiro atoms. The third kappa shape index (κ3) is 2.29. The summed E-state index contributed by atoms with van der Waals surface area (Å²) in [6.45, 7) is 9.58. The van der Waals surface area contributed by atoms with Crippen molar-refractivity contribution in [1.29, 1.82) is 0 Å². The van der Waals surface area contributed by atoms with Crippen LogP contribution in [0.1, 0.15) is 51.2 Å². The Morgan fingerprint density at radius 3 is 2.55 bits per heavy atom. The maximum Gasteiger partial charge on any atom is 0.0924 e. The van der Waals surface area contributed by atoms with E-state index >= 15 is 0 Å². The Kier molecular flexibility index (Phi) is 3.42. The highest BCUT2D eigenvalue weighted by Crippen LogP contribution is 2.55. The van der Waals surface area contributed by atoms with Crippen LogP contribution in [0.15, 0.2) is 24.3 Å². The molecule has 110 valence electrons. The van der Waals surface area contributed by atoms with E-state index in [1.807, 2.05) is 0 Å². The molecule has 2 aliphatic heterocycles. The van der Waals surface area contributed by atoms with Crippen LogP contribution in [-0.4, -0.2) is 17.3 Å². The van der Waals surface area contributed by atoms with E-state index in [9.17, 15) is 0 Å². The summed E-state index contributed by atoms with van der Waals surface area (Å²) in [6, 6.07) is 8.61. The molecule has 0 saturated carbocycles. The van der Waals surface area contributed by atoms with Gasteiger partial charge in [-0.15, -0.1) is 0 Å². The highest BCUT2D eigenvalue weighted by molar-refractivity contribution is 5.20. The van der Waals surface area contributed by atoms with E-state index in [-0.39, 0.29) is 17.3 Å². The molecule has 3 atom stereocenters. The number of aryl methyl sites for hydroxylation is 1. The molecule has 0 aliphatic carbocycles. The third-order valence-corrected chi connectivity index (χ3v) is 5.32. The molecule has 1 aromatic rings. The molecule has 2 aliphatic rings. The lowest BCUT2D eigenvalue weighted by molar-refractivity contribution is -0.0959. The van der Waals surface area contributed by atoms with Crippen molar-refractivity contribution in [2.45, 2.75) is 70.9 Å². The molecule has 2 bridgehead atoms. The summed E-state index contributed by atoms with van der Waals surface area (Å²) in [7, 11) is 0. The van der Waals surface area contributed by atoms with Gasteiger partial charge >= 0.3 is 0 Å². The van der Waals surface area contributed by atoms with Gasteiger partial charge in [-0.25, -0.2) is 0 Å². The quantitative estimate of drug-likeness (QED) is 0.817. The average Bonchev–Trinajstić information content (AvgIpc) is 2.90. The minimum atomic E-state index is -0.0744. The average molecular weight is 274 g/mol. The zero-order chi connectivity index (χ0) is 14.4. The van der Waals surface area contributed by atoms with E-state index in [0.29, 0.717) is 12.5 Å². The molecule has 0 radical (unpaired) electrons. The molecule has 3 rings (SSSR count). The van der Waals surface area contributed by atoms with Crippen molar-refractivity contribution >= 4 is 0 Å². The molecule has 0 unspecified atom stereocenters. The second kappa shape index (κ2) is 4.85. The van der Waals surface area contributed by atoms with E-state index in [0.717, 1.165) is 12.8 Å². The van der Waals surface area contributed by atoms with E-state index in [4.69, 9.17) is 9.47 Å². The third-order valence-electron chi connectivity index (χ3n) is 5.32. The molecule has 0 amide bonds. The molecular weight excluding hydrogens is 248 g/mol. The first-order valence-corrected chi connectivity index (χ1v) is 7.81. The highest BCUT2D eigenvalue weighted by atomic mass is 16.6. The lowest BCUT2D eigenvalue weighted by atomic mass is 9.75. The van der Waals surface area contributed by atoms with Gasteiger partial charge in [0.1, 0.15) is 0 Å². The molecule has 20 heavy (non-hydrogen) atoms. The van der Waals surface area contributed by atoms with Crippen LogP contribution < -0.4 is 0 Å². The molecule has 2 nitrogen and oxygen atoms in total. The number of rotatable bonds is 4. The first-order valence-electron chi connectivity index (χ1n) is 7.81. The van der Waals surface area contributed by atoms with Crippen LogP contribution in [0.25, 0.3) is 0 Å². The van der Waals surface area contributed by atoms with Crippen LogP contribution >= 0.6 is 0 Å². The van der Waals surface area contributed by atoms with Gasteiger partial charge in [-0.05, 0) is 38.2 Å². The monoisotopic (exact) mass is 274 g/mol. The molecule has 2 heteroatoms. The predicted octanol–water partition coefficient (Wildman–Crippen LogP) is 4.25. The summed E-state index contributed by atoms with van der Waals surface area (Å²) in [4.78, 5) is 0. The number of ether oxygens (including phenoxy) is 2. The largest absolute Gasteiger partial charge is 0.370 e. The summed E-state index contributed by atoms with van der Waals surface area (Å²) in [5.41, 5.74) is 2.53. The summed E-state index contributed by atoms with van der Waals surface area (Å²) >= 11 is 0. The van der Waals surface area contributed by atoms with Crippen molar-refractivity contribution in [3.8, 4) is 0 Å². The van der Waals surface area contributed by atoms with Crippen LogP contribution in [0, 0.1) is 12.8 Å². The zero-order valence-electron chi connectivity index (χ0n) is 13.1. The van der Waals surface area contributed by atoms with Crippen molar-refractivity contribution in [1.82, 2.24) is 0 Å². The second-order valence-electron chi connectivity index (χ2n) is 7.12. The minimum absolute atomic E-state index is 0.0622. The summed E-state index contributed by atoms with van der Waals surface area (Å²) in [6.07, 6.45) is 3.60. The summed E-state index contributed by atoms with van der Waals surface area (Å²) in [5.74, 6) is 0.567.